The van der Waals surface area contributed by atoms with Crippen molar-refractivity contribution in [3.63, 3.8) is 0 Å². The summed E-state index contributed by atoms with van der Waals surface area (Å²) in [6.45, 7) is 0. The van der Waals surface area contributed by atoms with Crippen molar-refractivity contribution in [1.29, 1.82) is 0 Å². The Labute approximate surface area is 115 Å². The van der Waals surface area contributed by atoms with Gasteiger partial charge < -0.3 is 10.6 Å². The number of alkyl halides is 6. The topological polar surface area (TPSA) is 58.2 Å². The molecular weight excluding hydrogens is 333 g/mol. The van der Waals surface area contributed by atoms with E-state index in [1.165, 1.54) is 0 Å². The number of nitrogens with one attached hydrogen (secondary N) is 2. The minimum atomic E-state index is -2.21. The van der Waals surface area contributed by atoms with Gasteiger partial charge in [0, 0.05) is 0 Å². The minimum Gasteiger partial charge on any atom is -0.335 e. The molecule has 0 aliphatic rings. The van der Waals surface area contributed by atoms with E-state index in [4.69, 9.17) is 69.6 Å². The van der Waals surface area contributed by atoms with Crippen LogP contribution in [0.2, 0.25) is 0 Å². The molecule has 0 radical (unpaired) electrons. The van der Waals surface area contributed by atoms with Crippen molar-refractivity contribution < 1.29 is 9.59 Å². The Bertz CT molecular complexity index is 247. The fourth-order valence-electron chi connectivity index (χ4n) is 0.499. The standard InChI is InChI=1S/C5H4Cl6N2O2/c6-4(7,8)2(12-1-14)13-3(15)5(9,10)11/h1-2H,(H,12,14)(H,13,15). The van der Waals surface area contributed by atoms with E-state index in [0.29, 0.717) is 0 Å². The molecule has 1 unspecified atom stereocenters. The molecule has 0 rings (SSSR count). The van der Waals surface area contributed by atoms with Crippen LogP contribution < -0.4 is 10.6 Å². The second-order valence-corrected chi connectivity index (χ2v) is 6.88. The molecule has 0 aromatic rings. The number of hydrogen-bond acceptors (Lipinski definition) is 2. The number of rotatable bonds is 3. The van der Waals surface area contributed by atoms with Crippen LogP contribution >= 0.6 is 69.6 Å². The Morgan fingerprint density at radius 1 is 1.13 bits per heavy atom. The van der Waals surface area contributed by atoms with Crippen molar-refractivity contribution in [3.05, 3.63) is 0 Å². The largest absolute Gasteiger partial charge is 0.335 e. The van der Waals surface area contributed by atoms with Gasteiger partial charge in [0.1, 0.15) is 6.17 Å². The molecule has 2 N–H and O–H groups in total. The van der Waals surface area contributed by atoms with Crippen molar-refractivity contribution in [1.82, 2.24) is 10.6 Å². The molecule has 0 saturated heterocycles. The third-order valence-corrected chi connectivity index (χ3v) is 2.26. The van der Waals surface area contributed by atoms with E-state index in [0.717, 1.165) is 0 Å². The second kappa shape index (κ2) is 5.84. The monoisotopic (exact) mass is 334 g/mol. The van der Waals surface area contributed by atoms with E-state index in [-0.39, 0.29) is 6.41 Å². The van der Waals surface area contributed by atoms with Crippen LogP contribution in [0.4, 0.5) is 0 Å². The lowest BCUT2D eigenvalue weighted by atomic mass is 10.5. The van der Waals surface area contributed by atoms with Gasteiger partial charge in [-0.05, 0) is 0 Å². The number of amides is 2. The predicted molar refractivity (Wildman–Crippen MR) is 61.7 cm³/mol. The summed E-state index contributed by atoms with van der Waals surface area (Å²) >= 11 is 32.1. The number of carbonyl (C=O) groups excluding carboxylic acids is 2. The molecule has 0 saturated carbocycles. The van der Waals surface area contributed by atoms with Gasteiger partial charge in [0.15, 0.2) is 0 Å². The van der Waals surface area contributed by atoms with Gasteiger partial charge in [0.25, 0.3) is 9.70 Å². The van der Waals surface area contributed by atoms with Crippen LogP contribution in [-0.4, -0.2) is 26.1 Å². The summed E-state index contributed by atoms with van der Waals surface area (Å²) in [6.07, 6.45) is -1.08. The number of carbonyl (C=O) groups is 2. The van der Waals surface area contributed by atoms with Crippen LogP contribution in [0, 0.1) is 0 Å². The Balaban J connectivity index is 4.57. The molecule has 0 aromatic heterocycles. The molecule has 0 spiro atoms. The summed E-state index contributed by atoms with van der Waals surface area (Å²) in [5.41, 5.74) is 0. The summed E-state index contributed by atoms with van der Waals surface area (Å²) in [7, 11) is 0. The van der Waals surface area contributed by atoms with Crippen molar-refractivity contribution in [2.24, 2.45) is 0 Å². The van der Waals surface area contributed by atoms with Crippen LogP contribution in [-0.2, 0) is 9.59 Å². The van der Waals surface area contributed by atoms with Crippen molar-refractivity contribution >= 4 is 81.9 Å². The van der Waals surface area contributed by atoms with Crippen LogP contribution in [0.1, 0.15) is 0 Å². The first kappa shape index (κ1) is 15.7. The normalized spacial score (nSPS) is 14.3. The summed E-state index contributed by atoms with van der Waals surface area (Å²) in [4.78, 5) is 21.3. The summed E-state index contributed by atoms with van der Waals surface area (Å²) in [6, 6.07) is 0. The Hall–Kier alpha value is 0.680. The first-order chi connectivity index (χ1) is 6.59. The van der Waals surface area contributed by atoms with Gasteiger partial charge in [0.05, 0.1) is 0 Å². The zero-order chi connectivity index (χ0) is 12.3. The van der Waals surface area contributed by atoms with E-state index in [1.54, 1.807) is 0 Å². The average molecular weight is 337 g/mol. The van der Waals surface area contributed by atoms with Crippen molar-refractivity contribution in [3.8, 4) is 0 Å². The quantitative estimate of drug-likeness (QED) is 0.470. The van der Waals surface area contributed by atoms with Gasteiger partial charge in [-0.1, -0.05) is 69.6 Å². The van der Waals surface area contributed by atoms with Gasteiger partial charge in [-0.3, -0.25) is 9.59 Å². The fraction of sp³-hybridized carbons (Fsp3) is 0.600. The van der Waals surface area contributed by atoms with E-state index >= 15 is 0 Å². The molecule has 0 aliphatic carbocycles. The van der Waals surface area contributed by atoms with Gasteiger partial charge in [-0.2, -0.15) is 0 Å². The highest BCUT2D eigenvalue weighted by Crippen LogP contribution is 2.31. The van der Waals surface area contributed by atoms with Crippen LogP contribution in [0.25, 0.3) is 0 Å². The summed E-state index contributed by atoms with van der Waals surface area (Å²) in [5, 5.41) is 4.07. The Kier molecular flexibility index (Phi) is 6.11. The SMILES string of the molecule is O=CNC(NC(=O)C(Cl)(Cl)Cl)C(Cl)(Cl)Cl. The molecule has 1 atom stereocenters. The van der Waals surface area contributed by atoms with Crippen LogP contribution in [0.5, 0.6) is 0 Å². The highest BCUT2D eigenvalue weighted by atomic mass is 35.6. The first-order valence-electron chi connectivity index (χ1n) is 3.23. The van der Waals surface area contributed by atoms with Crippen molar-refractivity contribution in [2.45, 2.75) is 13.8 Å². The van der Waals surface area contributed by atoms with Crippen LogP contribution in [0.3, 0.4) is 0 Å². The molecule has 2 amide bonds. The lowest BCUT2D eigenvalue weighted by Crippen LogP contribution is -2.55. The smallest absolute Gasteiger partial charge is 0.273 e. The van der Waals surface area contributed by atoms with Crippen LogP contribution in [0.15, 0.2) is 0 Å². The first-order valence-corrected chi connectivity index (χ1v) is 5.50. The molecule has 0 aromatic carbocycles. The highest BCUT2D eigenvalue weighted by Gasteiger charge is 2.39. The summed E-state index contributed by atoms with van der Waals surface area (Å²) in [5.74, 6) is -1.03. The Morgan fingerprint density at radius 2 is 1.60 bits per heavy atom. The summed E-state index contributed by atoms with van der Waals surface area (Å²) < 4.78 is -4.18. The highest BCUT2D eigenvalue weighted by molar-refractivity contribution is 6.76. The molecule has 10 heteroatoms. The maximum atomic E-state index is 11.2. The molecular formula is C5H4Cl6N2O2. The molecule has 88 valence electrons. The van der Waals surface area contributed by atoms with E-state index < -0.39 is 19.7 Å². The van der Waals surface area contributed by atoms with Crippen molar-refractivity contribution in [2.75, 3.05) is 0 Å². The predicted octanol–water partition coefficient (Wildman–Crippen LogP) is 1.92. The molecule has 0 aliphatic heterocycles. The molecule has 0 heterocycles. The Morgan fingerprint density at radius 3 is 1.87 bits per heavy atom. The zero-order valence-corrected chi connectivity index (χ0v) is 11.3. The van der Waals surface area contributed by atoms with Gasteiger partial charge >= 0.3 is 0 Å². The second-order valence-electron chi connectivity index (χ2n) is 2.23. The average Bonchev–Trinajstić information content (AvgIpc) is 1.99. The maximum Gasteiger partial charge on any atom is 0.273 e. The lowest BCUT2D eigenvalue weighted by Gasteiger charge is -2.25. The molecule has 0 bridgehead atoms. The third kappa shape index (κ3) is 6.09. The molecule has 4 nitrogen and oxygen atoms in total. The van der Waals surface area contributed by atoms with E-state index in [9.17, 15) is 9.59 Å². The molecule has 15 heavy (non-hydrogen) atoms. The minimum absolute atomic E-state index is 0.227. The molecule has 0 fully saturated rings. The maximum absolute atomic E-state index is 11.2. The van der Waals surface area contributed by atoms with E-state index in [1.807, 2.05) is 10.6 Å². The van der Waals surface area contributed by atoms with Gasteiger partial charge in [-0.25, -0.2) is 0 Å². The third-order valence-electron chi connectivity index (χ3n) is 1.09. The zero-order valence-electron chi connectivity index (χ0n) is 6.74. The lowest BCUT2D eigenvalue weighted by molar-refractivity contribution is -0.121. The van der Waals surface area contributed by atoms with E-state index in [2.05, 4.69) is 0 Å². The van der Waals surface area contributed by atoms with Gasteiger partial charge in [-0.15, -0.1) is 0 Å². The number of hydrogen-bond donors (Lipinski definition) is 2. The van der Waals surface area contributed by atoms with Gasteiger partial charge in [0.2, 0.25) is 10.2 Å². The number of halogens is 6. The fourth-order valence-corrected chi connectivity index (χ4v) is 1.02.